The number of carbonyl (C=O) groups is 1. The summed E-state index contributed by atoms with van der Waals surface area (Å²) in [7, 11) is 0. The van der Waals surface area contributed by atoms with E-state index in [-0.39, 0.29) is 23.4 Å². The molecular formula is C15H19NO2S. The molecule has 0 radical (unpaired) electrons. The molecule has 1 amide bonds. The Morgan fingerprint density at radius 2 is 1.89 bits per heavy atom. The Hall–Kier alpha value is -1.00. The third-order valence-corrected chi connectivity index (χ3v) is 4.32. The smallest absolute Gasteiger partial charge is 0.235 e. The van der Waals surface area contributed by atoms with E-state index in [1.165, 1.54) is 0 Å². The van der Waals surface area contributed by atoms with Crippen molar-refractivity contribution in [3.8, 4) is 0 Å². The standard InChI is InChI=1S/C15H19NO2S/c17-15(14(19)8-11-4-2-1-3-5-11)16-9-12-6-7-13(10-16)18-12/h1-5,12-14,19H,6-10H2. The third-order valence-electron chi connectivity index (χ3n) is 3.91. The van der Waals surface area contributed by atoms with Gasteiger partial charge in [-0.2, -0.15) is 12.6 Å². The summed E-state index contributed by atoms with van der Waals surface area (Å²) in [6.45, 7) is 1.47. The number of morpholine rings is 1. The van der Waals surface area contributed by atoms with Crippen LogP contribution in [0, 0.1) is 0 Å². The van der Waals surface area contributed by atoms with Gasteiger partial charge in [0, 0.05) is 13.1 Å². The van der Waals surface area contributed by atoms with Crippen LogP contribution in [0.4, 0.5) is 0 Å². The number of hydrogen-bond donors (Lipinski definition) is 1. The fraction of sp³-hybridized carbons (Fsp3) is 0.533. The van der Waals surface area contributed by atoms with Crippen molar-refractivity contribution >= 4 is 18.5 Å². The fourth-order valence-corrected chi connectivity index (χ4v) is 3.30. The molecule has 1 aromatic carbocycles. The number of amides is 1. The molecule has 3 atom stereocenters. The van der Waals surface area contributed by atoms with Crippen LogP contribution in [0.2, 0.25) is 0 Å². The Morgan fingerprint density at radius 1 is 1.26 bits per heavy atom. The molecule has 3 rings (SSSR count). The van der Waals surface area contributed by atoms with E-state index in [4.69, 9.17) is 4.74 Å². The second kappa shape index (κ2) is 5.55. The number of likely N-dealkylation sites (tertiary alicyclic amines) is 1. The maximum atomic E-state index is 12.4. The summed E-state index contributed by atoms with van der Waals surface area (Å²) in [4.78, 5) is 14.4. The molecule has 19 heavy (non-hydrogen) atoms. The molecule has 0 spiro atoms. The van der Waals surface area contributed by atoms with E-state index in [1.54, 1.807) is 0 Å². The predicted octanol–water partition coefficient (Wildman–Crippen LogP) is 1.92. The maximum absolute atomic E-state index is 12.4. The van der Waals surface area contributed by atoms with Gasteiger partial charge >= 0.3 is 0 Å². The molecule has 102 valence electrons. The molecule has 2 heterocycles. The molecule has 0 saturated carbocycles. The first-order chi connectivity index (χ1) is 9.22. The highest BCUT2D eigenvalue weighted by Crippen LogP contribution is 2.27. The topological polar surface area (TPSA) is 29.5 Å². The number of fused-ring (bicyclic) bond motifs is 2. The zero-order chi connectivity index (χ0) is 13.2. The quantitative estimate of drug-likeness (QED) is 0.855. The summed E-state index contributed by atoms with van der Waals surface area (Å²) in [6, 6.07) is 10.1. The van der Waals surface area contributed by atoms with Gasteiger partial charge in [-0.15, -0.1) is 0 Å². The van der Waals surface area contributed by atoms with Crippen molar-refractivity contribution in [2.75, 3.05) is 13.1 Å². The number of thiol groups is 1. The lowest BCUT2D eigenvalue weighted by molar-refractivity contribution is -0.139. The minimum atomic E-state index is -0.250. The first-order valence-corrected chi connectivity index (χ1v) is 7.40. The van der Waals surface area contributed by atoms with Crippen molar-refractivity contribution in [3.63, 3.8) is 0 Å². The first kappa shape index (κ1) is 13.0. The lowest BCUT2D eigenvalue weighted by atomic mass is 10.1. The van der Waals surface area contributed by atoms with Crippen molar-refractivity contribution in [2.24, 2.45) is 0 Å². The molecule has 3 unspecified atom stereocenters. The van der Waals surface area contributed by atoms with E-state index in [0.29, 0.717) is 6.42 Å². The Bertz CT molecular complexity index is 439. The molecule has 2 fully saturated rings. The molecule has 2 aliphatic rings. The highest BCUT2D eigenvalue weighted by molar-refractivity contribution is 7.81. The van der Waals surface area contributed by atoms with Crippen molar-refractivity contribution in [1.82, 2.24) is 4.90 Å². The normalized spacial score (nSPS) is 27.3. The molecule has 0 aromatic heterocycles. The van der Waals surface area contributed by atoms with Crippen LogP contribution in [0.3, 0.4) is 0 Å². The van der Waals surface area contributed by atoms with Crippen LogP contribution in [0.1, 0.15) is 18.4 Å². The molecule has 0 N–H and O–H groups in total. The van der Waals surface area contributed by atoms with Crippen LogP contribution >= 0.6 is 12.6 Å². The summed E-state index contributed by atoms with van der Waals surface area (Å²) in [5, 5.41) is -0.250. The van der Waals surface area contributed by atoms with Crippen LogP contribution in [-0.2, 0) is 16.0 Å². The summed E-state index contributed by atoms with van der Waals surface area (Å²) in [6.07, 6.45) is 3.37. The molecule has 1 aromatic rings. The lowest BCUT2D eigenvalue weighted by Gasteiger charge is -2.33. The summed E-state index contributed by atoms with van der Waals surface area (Å²) < 4.78 is 5.76. The van der Waals surface area contributed by atoms with Crippen LogP contribution in [-0.4, -0.2) is 41.4 Å². The van der Waals surface area contributed by atoms with Gasteiger partial charge in [0.25, 0.3) is 0 Å². The van der Waals surface area contributed by atoms with Gasteiger partial charge in [0.2, 0.25) is 5.91 Å². The van der Waals surface area contributed by atoms with E-state index in [0.717, 1.165) is 31.5 Å². The van der Waals surface area contributed by atoms with Crippen molar-refractivity contribution in [2.45, 2.75) is 36.7 Å². The SMILES string of the molecule is O=C(C(S)Cc1ccccc1)N1CC2CCC(C1)O2. The summed E-state index contributed by atoms with van der Waals surface area (Å²) in [5.74, 6) is 0.146. The molecule has 3 nitrogen and oxygen atoms in total. The zero-order valence-electron chi connectivity index (χ0n) is 10.9. The Labute approximate surface area is 119 Å². The van der Waals surface area contributed by atoms with Gasteiger partial charge in [-0.3, -0.25) is 4.79 Å². The Kier molecular flexibility index (Phi) is 3.80. The number of nitrogens with zero attached hydrogens (tertiary/aromatic N) is 1. The van der Waals surface area contributed by atoms with E-state index in [1.807, 2.05) is 35.2 Å². The van der Waals surface area contributed by atoms with E-state index in [9.17, 15) is 4.79 Å². The molecular weight excluding hydrogens is 258 g/mol. The number of carbonyl (C=O) groups excluding carboxylic acids is 1. The highest BCUT2D eigenvalue weighted by Gasteiger charge is 2.36. The van der Waals surface area contributed by atoms with Gasteiger partial charge < -0.3 is 9.64 Å². The van der Waals surface area contributed by atoms with E-state index >= 15 is 0 Å². The third kappa shape index (κ3) is 2.95. The lowest BCUT2D eigenvalue weighted by Crippen LogP contribution is -2.48. The number of rotatable bonds is 3. The van der Waals surface area contributed by atoms with Gasteiger partial charge in [0.05, 0.1) is 17.5 Å². The second-order valence-electron chi connectivity index (χ2n) is 5.41. The van der Waals surface area contributed by atoms with E-state index in [2.05, 4.69) is 12.6 Å². The molecule has 4 heteroatoms. The largest absolute Gasteiger partial charge is 0.371 e. The van der Waals surface area contributed by atoms with Gasteiger partial charge in [-0.05, 0) is 24.8 Å². The van der Waals surface area contributed by atoms with Crippen molar-refractivity contribution < 1.29 is 9.53 Å². The van der Waals surface area contributed by atoms with Crippen LogP contribution in [0.5, 0.6) is 0 Å². The number of benzene rings is 1. The average Bonchev–Trinajstić information content (AvgIpc) is 2.77. The molecule has 2 aliphatic heterocycles. The van der Waals surface area contributed by atoms with Crippen LogP contribution in [0.25, 0.3) is 0 Å². The fourth-order valence-electron chi connectivity index (χ4n) is 2.93. The Morgan fingerprint density at radius 3 is 2.53 bits per heavy atom. The van der Waals surface area contributed by atoms with Crippen molar-refractivity contribution in [1.29, 1.82) is 0 Å². The zero-order valence-corrected chi connectivity index (χ0v) is 11.8. The Balaban J connectivity index is 1.60. The maximum Gasteiger partial charge on any atom is 0.235 e. The predicted molar refractivity (Wildman–Crippen MR) is 77.4 cm³/mol. The van der Waals surface area contributed by atoms with Gasteiger partial charge in [0.1, 0.15) is 0 Å². The summed E-state index contributed by atoms with van der Waals surface area (Å²) in [5.41, 5.74) is 1.16. The van der Waals surface area contributed by atoms with Crippen LogP contribution < -0.4 is 0 Å². The van der Waals surface area contributed by atoms with Crippen LogP contribution in [0.15, 0.2) is 30.3 Å². The minimum absolute atomic E-state index is 0.146. The average molecular weight is 277 g/mol. The monoisotopic (exact) mass is 277 g/mol. The molecule has 2 saturated heterocycles. The first-order valence-electron chi connectivity index (χ1n) is 6.88. The van der Waals surface area contributed by atoms with Gasteiger partial charge in [-0.1, -0.05) is 30.3 Å². The summed E-state index contributed by atoms with van der Waals surface area (Å²) >= 11 is 4.49. The minimum Gasteiger partial charge on any atom is -0.371 e. The molecule has 2 bridgehead atoms. The number of ether oxygens (including phenoxy) is 1. The van der Waals surface area contributed by atoms with Gasteiger partial charge in [-0.25, -0.2) is 0 Å². The van der Waals surface area contributed by atoms with E-state index < -0.39 is 0 Å². The number of hydrogen-bond acceptors (Lipinski definition) is 3. The molecule has 0 aliphatic carbocycles. The second-order valence-corrected chi connectivity index (χ2v) is 6.03. The highest BCUT2D eigenvalue weighted by atomic mass is 32.1. The van der Waals surface area contributed by atoms with Crippen molar-refractivity contribution in [3.05, 3.63) is 35.9 Å². The van der Waals surface area contributed by atoms with Gasteiger partial charge in [0.15, 0.2) is 0 Å².